The summed E-state index contributed by atoms with van der Waals surface area (Å²) < 4.78 is 43.6. The van der Waals surface area contributed by atoms with Gasteiger partial charge in [-0.25, -0.2) is 0 Å². The van der Waals surface area contributed by atoms with Gasteiger partial charge in [0.05, 0.1) is 0 Å². The molecule has 0 bridgehead atoms. The number of ether oxygens (including phenoxy) is 2. The Hall–Kier alpha value is -0.770. The van der Waals surface area contributed by atoms with Gasteiger partial charge in [0.15, 0.2) is 12.0 Å². The van der Waals surface area contributed by atoms with Crippen molar-refractivity contribution in [2.45, 2.75) is 32.0 Å². The summed E-state index contributed by atoms with van der Waals surface area (Å²) in [6.45, 7) is 3.28. The number of hydrogen-bond acceptors (Lipinski definition) is 5. The summed E-state index contributed by atoms with van der Waals surface area (Å²) in [7, 11) is -3.23. The number of halogens is 1. The van der Waals surface area contributed by atoms with Gasteiger partial charge >= 0.3 is 10.3 Å². The molecular formula is C11H15ClN2O5S. The van der Waals surface area contributed by atoms with Crippen LogP contribution in [0.4, 0.5) is 0 Å². The lowest BCUT2D eigenvalue weighted by atomic mass is 10.1. The molecule has 2 unspecified atom stereocenters. The average molecular weight is 323 g/mol. The molecule has 2 rings (SSSR count). The second-order valence-corrected chi connectivity index (χ2v) is 6.72. The smallest absolute Gasteiger partial charge is 0.337 e. The van der Waals surface area contributed by atoms with Crippen LogP contribution in [0.15, 0.2) is 18.5 Å². The summed E-state index contributed by atoms with van der Waals surface area (Å²) in [4.78, 5) is 3.94. The summed E-state index contributed by atoms with van der Waals surface area (Å²) in [5, 5.41) is 0.375. The van der Waals surface area contributed by atoms with Gasteiger partial charge < -0.3 is 9.47 Å². The molecule has 1 aromatic heterocycles. The van der Waals surface area contributed by atoms with E-state index >= 15 is 0 Å². The monoisotopic (exact) mass is 322 g/mol. The van der Waals surface area contributed by atoms with E-state index < -0.39 is 28.4 Å². The standard InChI is InChI=1S/C11H15ClN2O5S/c1-11(2)18-9(7-6-13-5-4-8(7)12)10(19-11)14(3)20(15,16)17/h4-6,9-10H,1-3H3,(H,15,16,17). The van der Waals surface area contributed by atoms with Gasteiger partial charge in [0.2, 0.25) is 0 Å². The van der Waals surface area contributed by atoms with Gasteiger partial charge in [-0.1, -0.05) is 11.6 Å². The fourth-order valence-electron chi connectivity index (χ4n) is 1.96. The van der Waals surface area contributed by atoms with Crippen molar-refractivity contribution in [1.29, 1.82) is 0 Å². The lowest BCUT2D eigenvalue weighted by Crippen LogP contribution is -2.40. The molecule has 2 heterocycles. The highest BCUT2D eigenvalue weighted by atomic mass is 35.5. The van der Waals surface area contributed by atoms with Gasteiger partial charge in [-0.3, -0.25) is 9.54 Å². The summed E-state index contributed by atoms with van der Waals surface area (Å²) in [5.74, 6) is -1.02. The summed E-state index contributed by atoms with van der Waals surface area (Å²) in [6, 6.07) is 1.57. The van der Waals surface area contributed by atoms with Gasteiger partial charge in [0.25, 0.3) is 0 Å². The molecule has 2 atom stereocenters. The Balaban J connectivity index is 2.42. The fourth-order valence-corrected chi connectivity index (χ4v) is 2.59. The van der Waals surface area contributed by atoms with Crippen molar-refractivity contribution in [3.8, 4) is 0 Å². The number of rotatable bonds is 3. The van der Waals surface area contributed by atoms with E-state index in [1.807, 2.05) is 0 Å². The van der Waals surface area contributed by atoms with E-state index in [1.165, 1.54) is 19.4 Å². The molecule has 0 amide bonds. The molecule has 0 radical (unpaired) electrons. The molecule has 0 aliphatic carbocycles. The molecule has 1 aliphatic rings. The van der Waals surface area contributed by atoms with Crippen LogP contribution in [0.3, 0.4) is 0 Å². The molecule has 1 fully saturated rings. The maximum atomic E-state index is 11.3. The van der Waals surface area contributed by atoms with Crippen molar-refractivity contribution >= 4 is 21.9 Å². The van der Waals surface area contributed by atoms with E-state index in [0.717, 1.165) is 0 Å². The molecule has 1 aliphatic heterocycles. The first kappa shape index (κ1) is 15.6. The quantitative estimate of drug-likeness (QED) is 0.851. The first-order chi connectivity index (χ1) is 9.12. The van der Waals surface area contributed by atoms with Crippen molar-refractivity contribution in [2.75, 3.05) is 7.05 Å². The lowest BCUT2D eigenvalue weighted by molar-refractivity contribution is -0.154. The number of likely N-dealkylation sites (N-methyl/N-ethyl adjacent to an activating group) is 1. The Morgan fingerprint density at radius 3 is 2.65 bits per heavy atom. The van der Waals surface area contributed by atoms with Crippen LogP contribution in [-0.4, -0.2) is 41.3 Å². The molecule has 0 saturated carbocycles. The fraction of sp³-hybridized carbons (Fsp3) is 0.545. The van der Waals surface area contributed by atoms with E-state index in [1.54, 1.807) is 19.9 Å². The molecule has 9 heteroatoms. The summed E-state index contributed by atoms with van der Waals surface area (Å²) in [5.41, 5.74) is 0.486. The molecule has 1 saturated heterocycles. The first-order valence-electron chi connectivity index (χ1n) is 5.77. The van der Waals surface area contributed by atoms with Gasteiger partial charge in [-0.05, 0) is 19.9 Å². The highest BCUT2D eigenvalue weighted by Crippen LogP contribution is 2.41. The largest absolute Gasteiger partial charge is 0.338 e. The molecule has 0 aromatic carbocycles. The molecule has 1 aromatic rings. The molecule has 1 N–H and O–H groups in total. The maximum absolute atomic E-state index is 11.3. The van der Waals surface area contributed by atoms with Crippen molar-refractivity contribution in [1.82, 2.24) is 9.29 Å². The van der Waals surface area contributed by atoms with Crippen LogP contribution in [0.5, 0.6) is 0 Å². The van der Waals surface area contributed by atoms with Crippen LogP contribution in [0.2, 0.25) is 5.02 Å². The Bertz CT molecular complexity index is 607. The normalized spacial score (nSPS) is 26.1. The topological polar surface area (TPSA) is 89.0 Å². The van der Waals surface area contributed by atoms with Crippen molar-refractivity contribution in [3.63, 3.8) is 0 Å². The number of hydrogen-bond donors (Lipinski definition) is 1. The van der Waals surface area contributed by atoms with Crippen LogP contribution < -0.4 is 0 Å². The molecule has 20 heavy (non-hydrogen) atoms. The molecule has 112 valence electrons. The summed E-state index contributed by atoms with van der Waals surface area (Å²) >= 11 is 6.08. The Morgan fingerprint density at radius 2 is 2.10 bits per heavy atom. The predicted molar refractivity (Wildman–Crippen MR) is 71.3 cm³/mol. The zero-order valence-corrected chi connectivity index (χ0v) is 12.7. The zero-order chi connectivity index (χ0) is 15.1. The van der Waals surface area contributed by atoms with E-state index in [4.69, 9.17) is 25.6 Å². The SMILES string of the molecule is CN(C1OC(C)(C)OC1c1cnccc1Cl)S(=O)(=O)O. The number of nitrogens with zero attached hydrogens (tertiary/aromatic N) is 2. The third-order valence-corrected chi connectivity index (χ3v) is 4.18. The highest BCUT2D eigenvalue weighted by molar-refractivity contribution is 7.83. The third kappa shape index (κ3) is 3.11. The van der Waals surface area contributed by atoms with Gasteiger partial charge in [-0.2, -0.15) is 12.7 Å². The zero-order valence-electron chi connectivity index (χ0n) is 11.1. The predicted octanol–water partition coefficient (Wildman–Crippen LogP) is 1.62. The van der Waals surface area contributed by atoms with Crippen LogP contribution in [0.1, 0.15) is 25.5 Å². The number of pyridine rings is 1. The van der Waals surface area contributed by atoms with Gasteiger partial charge in [0.1, 0.15) is 6.10 Å². The van der Waals surface area contributed by atoms with E-state index in [0.29, 0.717) is 14.9 Å². The molecule has 7 nitrogen and oxygen atoms in total. The summed E-state index contributed by atoms with van der Waals surface area (Å²) in [6.07, 6.45) is 1.15. The van der Waals surface area contributed by atoms with Crippen LogP contribution in [-0.2, 0) is 19.8 Å². The second kappa shape index (κ2) is 5.21. The molecular weight excluding hydrogens is 308 g/mol. The van der Waals surface area contributed by atoms with Crippen LogP contribution in [0, 0.1) is 0 Å². The lowest BCUT2D eigenvalue weighted by Gasteiger charge is -2.24. The molecule has 0 spiro atoms. The Kier molecular flexibility index (Phi) is 4.07. The van der Waals surface area contributed by atoms with Crippen molar-refractivity contribution in [3.05, 3.63) is 29.0 Å². The number of aromatic nitrogens is 1. The van der Waals surface area contributed by atoms with Crippen molar-refractivity contribution < 1.29 is 22.4 Å². The second-order valence-electron chi connectivity index (χ2n) is 4.84. The Morgan fingerprint density at radius 1 is 1.45 bits per heavy atom. The minimum Gasteiger partial charge on any atom is -0.338 e. The first-order valence-corrected chi connectivity index (χ1v) is 7.55. The van der Waals surface area contributed by atoms with E-state index in [-0.39, 0.29) is 0 Å². The van der Waals surface area contributed by atoms with Crippen LogP contribution in [0.25, 0.3) is 0 Å². The minimum absolute atomic E-state index is 0.375. The van der Waals surface area contributed by atoms with Crippen molar-refractivity contribution in [2.24, 2.45) is 0 Å². The van der Waals surface area contributed by atoms with E-state index in [9.17, 15) is 8.42 Å². The highest BCUT2D eigenvalue weighted by Gasteiger charge is 2.47. The average Bonchev–Trinajstić information content (AvgIpc) is 2.63. The van der Waals surface area contributed by atoms with Gasteiger partial charge in [-0.15, -0.1) is 0 Å². The minimum atomic E-state index is -4.43. The van der Waals surface area contributed by atoms with Crippen LogP contribution >= 0.6 is 11.6 Å². The maximum Gasteiger partial charge on any atom is 0.337 e. The van der Waals surface area contributed by atoms with Gasteiger partial charge in [0, 0.05) is 30.0 Å². The Labute approximate surface area is 122 Å². The third-order valence-electron chi connectivity index (χ3n) is 2.90. The van der Waals surface area contributed by atoms with E-state index in [2.05, 4.69) is 4.98 Å².